The molecule has 3 aliphatic rings. The number of esters is 1. The second-order valence-corrected chi connectivity index (χ2v) is 11.7. The molecule has 3 rings (SSSR count). The zero-order chi connectivity index (χ0) is 28.8. The molecular formula is C28H45BrO10. The van der Waals surface area contributed by atoms with E-state index >= 15 is 0 Å². The number of hydrogen-bond donors (Lipinski definition) is 2. The van der Waals surface area contributed by atoms with Crippen molar-refractivity contribution in [3.8, 4) is 0 Å². The molecule has 0 unspecified atom stereocenters. The fourth-order valence-electron chi connectivity index (χ4n) is 5.87. The normalized spacial score (nSPS) is 44.6. The predicted molar refractivity (Wildman–Crippen MR) is 146 cm³/mol. The first-order valence-corrected chi connectivity index (χ1v) is 14.5. The number of carbonyl (C=O) groups is 1. The highest BCUT2D eigenvalue weighted by Crippen LogP contribution is 2.38. The molecule has 0 aromatic rings. The van der Waals surface area contributed by atoms with Crippen molar-refractivity contribution in [3.05, 3.63) is 23.2 Å². The van der Waals surface area contributed by atoms with Crippen molar-refractivity contribution in [3.63, 3.8) is 0 Å². The highest BCUT2D eigenvalue weighted by Gasteiger charge is 2.50. The number of cyclic esters (lactones) is 1. The van der Waals surface area contributed by atoms with E-state index < -0.39 is 54.2 Å². The minimum atomic E-state index is -1.79. The van der Waals surface area contributed by atoms with Crippen LogP contribution in [0.1, 0.15) is 59.3 Å². The number of fused-ring (bicyclic) bond motifs is 2. The van der Waals surface area contributed by atoms with Gasteiger partial charge in [-0.3, -0.25) is 4.79 Å². The number of hydrogen-bond acceptors (Lipinski definition) is 10. The summed E-state index contributed by atoms with van der Waals surface area (Å²) < 4.78 is 41.4. The predicted octanol–water partition coefficient (Wildman–Crippen LogP) is 3.37. The van der Waals surface area contributed by atoms with Gasteiger partial charge in [-0.2, -0.15) is 0 Å². The average molecular weight is 622 g/mol. The number of aliphatic hydroxyl groups is 2. The van der Waals surface area contributed by atoms with E-state index in [1.165, 1.54) is 0 Å². The third-order valence-electron chi connectivity index (χ3n) is 7.94. The summed E-state index contributed by atoms with van der Waals surface area (Å²) in [6.07, 6.45) is 2.81. The number of ether oxygens (including phenoxy) is 7. The van der Waals surface area contributed by atoms with Gasteiger partial charge in [0.1, 0.15) is 23.9 Å². The van der Waals surface area contributed by atoms with Crippen LogP contribution in [-0.2, 0) is 38.0 Å². The maximum Gasteiger partial charge on any atom is 0.312 e. The quantitative estimate of drug-likeness (QED) is 0.323. The molecule has 0 spiro atoms. The van der Waals surface area contributed by atoms with Crippen LogP contribution in [0, 0.1) is 5.92 Å². The second kappa shape index (κ2) is 14.3. The van der Waals surface area contributed by atoms with Gasteiger partial charge in [0, 0.05) is 40.6 Å². The Balaban J connectivity index is 1.82. The van der Waals surface area contributed by atoms with Gasteiger partial charge in [0.25, 0.3) is 0 Å². The van der Waals surface area contributed by atoms with Crippen LogP contribution in [0.15, 0.2) is 23.2 Å². The number of halogens is 1. The number of rotatable bonds is 7. The van der Waals surface area contributed by atoms with Crippen molar-refractivity contribution in [2.75, 3.05) is 21.3 Å². The molecule has 11 heteroatoms. The minimum Gasteiger partial charge on any atom is -0.455 e. The maximum atomic E-state index is 13.1. The van der Waals surface area contributed by atoms with Crippen LogP contribution in [0.4, 0.5) is 0 Å². The number of aliphatic hydroxyl groups excluding tert-OH is 1. The first-order chi connectivity index (χ1) is 18.5. The van der Waals surface area contributed by atoms with Gasteiger partial charge in [-0.15, -0.1) is 0 Å². The fraction of sp³-hybridized carbons (Fsp3) is 0.821. The Labute approximate surface area is 240 Å². The Kier molecular flexibility index (Phi) is 12.0. The molecule has 0 radical (unpaired) electrons. The van der Waals surface area contributed by atoms with Crippen LogP contribution in [0.2, 0.25) is 0 Å². The smallest absolute Gasteiger partial charge is 0.312 e. The van der Waals surface area contributed by atoms with E-state index in [0.717, 1.165) is 0 Å². The summed E-state index contributed by atoms with van der Waals surface area (Å²) in [6.45, 7) is 5.59. The summed E-state index contributed by atoms with van der Waals surface area (Å²) in [5.41, 5.74) is -1.07. The molecule has 2 N–H and O–H groups in total. The summed E-state index contributed by atoms with van der Waals surface area (Å²) in [7, 11) is 4.74. The largest absolute Gasteiger partial charge is 0.455 e. The second-order valence-electron chi connectivity index (χ2n) is 11.2. The zero-order valence-corrected chi connectivity index (χ0v) is 25.4. The van der Waals surface area contributed by atoms with Crippen LogP contribution in [-0.4, -0.2) is 97.9 Å². The molecule has 0 amide bonds. The molecule has 2 bridgehead atoms. The lowest BCUT2D eigenvalue weighted by molar-refractivity contribution is -0.339. The average Bonchev–Trinajstić information content (AvgIpc) is 2.85. The third kappa shape index (κ3) is 8.56. The molecule has 11 atom stereocenters. The van der Waals surface area contributed by atoms with Gasteiger partial charge < -0.3 is 43.4 Å². The van der Waals surface area contributed by atoms with Crippen molar-refractivity contribution in [1.82, 2.24) is 0 Å². The molecule has 0 saturated carbocycles. The zero-order valence-electron chi connectivity index (χ0n) is 23.8. The number of allylic oxidation sites excluding steroid dienone is 2. The summed E-state index contributed by atoms with van der Waals surface area (Å²) in [6, 6.07) is 0. The van der Waals surface area contributed by atoms with Gasteiger partial charge >= 0.3 is 5.97 Å². The van der Waals surface area contributed by atoms with E-state index in [4.69, 9.17) is 33.2 Å². The molecule has 3 heterocycles. The van der Waals surface area contributed by atoms with Gasteiger partial charge in [0.15, 0.2) is 12.1 Å². The maximum absolute atomic E-state index is 13.1. The van der Waals surface area contributed by atoms with Crippen LogP contribution in [0.25, 0.3) is 0 Å². The highest BCUT2D eigenvalue weighted by molar-refractivity contribution is 9.11. The van der Waals surface area contributed by atoms with Crippen molar-refractivity contribution in [2.45, 2.75) is 120 Å². The van der Waals surface area contributed by atoms with E-state index in [1.54, 1.807) is 51.5 Å². The van der Waals surface area contributed by atoms with Gasteiger partial charge in [0.2, 0.25) is 0 Å². The SMILES string of the molecule is CO[C@@H]1[C@@H](OC)[C@H](C)O[C@@H](O[C@@H]2C[C@@H]3CC[C@@H](C)[C@H](O)C[C@@](C)(/C=C/C=C/Br)OC(=O)C[C@](O)(C2)O3)[C@@H]1OC. The van der Waals surface area contributed by atoms with Crippen molar-refractivity contribution in [2.24, 2.45) is 5.92 Å². The third-order valence-corrected chi connectivity index (χ3v) is 8.25. The van der Waals surface area contributed by atoms with Gasteiger partial charge in [0.05, 0.1) is 30.8 Å². The minimum absolute atomic E-state index is 0.0473. The molecule has 0 aromatic heterocycles. The van der Waals surface area contributed by atoms with E-state index in [1.807, 2.05) is 13.8 Å². The van der Waals surface area contributed by atoms with Crippen molar-refractivity contribution >= 4 is 21.9 Å². The van der Waals surface area contributed by atoms with Crippen LogP contribution < -0.4 is 0 Å². The lowest BCUT2D eigenvalue weighted by atomic mass is 9.86. The molecule has 39 heavy (non-hydrogen) atoms. The van der Waals surface area contributed by atoms with E-state index in [-0.39, 0.29) is 37.4 Å². The van der Waals surface area contributed by atoms with Gasteiger partial charge in [-0.1, -0.05) is 35.0 Å². The van der Waals surface area contributed by atoms with Crippen molar-refractivity contribution in [1.29, 1.82) is 0 Å². The Hall–Kier alpha value is -0.890. The van der Waals surface area contributed by atoms with Crippen LogP contribution in [0.5, 0.6) is 0 Å². The molecule has 224 valence electrons. The molecule has 0 aromatic carbocycles. The fourth-order valence-corrected chi connectivity index (χ4v) is 6.05. The number of carbonyl (C=O) groups excluding carboxylic acids is 1. The monoisotopic (exact) mass is 620 g/mol. The van der Waals surface area contributed by atoms with E-state index in [9.17, 15) is 15.0 Å². The lowest BCUT2D eigenvalue weighted by Gasteiger charge is -2.47. The molecule has 3 fully saturated rings. The summed E-state index contributed by atoms with van der Waals surface area (Å²) in [5.74, 6) is -2.51. The Bertz CT molecular complexity index is 854. The van der Waals surface area contributed by atoms with Crippen LogP contribution >= 0.6 is 15.9 Å². The van der Waals surface area contributed by atoms with E-state index in [2.05, 4.69) is 15.9 Å². The molecule has 3 saturated heterocycles. The standard InChI is InChI=1S/C28H45BrO10/c1-17-9-10-19-13-20(37-26-25(35-6)24(34-5)23(33-4)18(2)36-26)14-28(32,38-19)16-22(31)39-27(3,15-21(17)30)11-7-8-12-29/h7-8,11-12,17-21,23-26,30,32H,9-10,13-16H2,1-6H3/b11-7+,12-8+/t17-,18+,19+,20-,21-,23+,24-,25-,26+,27-,28+/m1/s1. The molecular weight excluding hydrogens is 576 g/mol. The Morgan fingerprint density at radius 3 is 2.36 bits per heavy atom. The summed E-state index contributed by atoms with van der Waals surface area (Å²) in [5, 5.41) is 22.4. The topological polar surface area (TPSA) is 122 Å². The molecule has 0 aliphatic carbocycles. The van der Waals surface area contributed by atoms with Gasteiger partial charge in [-0.05, 0) is 43.7 Å². The van der Waals surface area contributed by atoms with E-state index in [0.29, 0.717) is 19.3 Å². The Morgan fingerprint density at radius 2 is 1.72 bits per heavy atom. The number of methoxy groups -OCH3 is 3. The highest BCUT2D eigenvalue weighted by atomic mass is 79.9. The van der Waals surface area contributed by atoms with Crippen LogP contribution in [0.3, 0.4) is 0 Å². The van der Waals surface area contributed by atoms with Gasteiger partial charge in [-0.25, -0.2) is 0 Å². The molecule has 10 nitrogen and oxygen atoms in total. The Morgan fingerprint density at radius 1 is 1.03 bits per heavy atom. The summed E-state index contributed by atoms with van der Waals surface area (Å²) >= 11 is 3.22. The lowest BCUT2D eigenvalue weighted by Crippen LogP contribution is -2.60. The van der Waals surface area contributed by atoms with Crippen molar-refractivity contribution < 1.29 is 48.2 Å². The first-order valence-electron chi connectivity index (χ1n) is 13.6. The first kappa shape index (κ1) is 32.6. The molecule has 3 aliphatic heterocycles. The summed E-state index contributed by atoms with van der Waals surface area (Å²) in [4.78, 5) is 14.8.